The lowest BCUT2D eigenvalue weighted by molar-refractivity contribution is -0.159. The number of aliphatic hydroxyl groups is 4. The summed E-state index contributed by atoms with van der Waals surface area (Å²) >= 11 is 0. The molecule has 1 aliphatic heterocycles. The van der Waals surface area contributed by atoms with Crippen LogP contribution < -0.4 is 75.7 Å². The zero-order valence-electron chi connectivity index (χ0n) is 55.4. The molecular formula is C60H99N15O19. The highest BCUT2D eigenvalue weighted by molar-refractivity contribution is 6.00. The summed E-state index contributed by atoms with van der Waals surface area (Å²) < 4.78 is 11.1. The van der Waals surface area contributed by atoms with Crippen LogP contribution in [-0.2, 0) is 67.0 Å². The molecule has 1 aromatic carbocycles. The number of nitrogens with two attached hydrogens (primary N) is 3. The molecule has 1 aromatic rings. The van der Waals surface area contributed by atoms with Crippen molar-refractivity contribution in [3.63, 3.8) is 0 Å². The molecule has 0 aliphatic carbocycles. The zero-order valence-corrected chi connectivity index (χ0v) is 55.4. The fourth-order valence-electron chi connectivity index (χ4n) is 9.21. The number of hydrogen-bond acceptors (Lipinski definition) is 20. The molecule has 1 aliphatic rings. The second-order valence-corrected chi connectivity index (χ2v) is 25.1. The Hall–Kier alpha value is -8.76. The summed E-state index contributed by atoms with van der Waals surface area (Å²) in [5, 5.41) is 70.4. The van der Waals surface area contributed by atoms with Gasteiger partial charge < -0.3 is 106 Å². The maximum absolute atomic E-state index is 15.4. The van der Waals surface area contributed by atoms with Crippen molar-refractivity contribution in [3.8, 4) is 0 Å². The average Bonchev–Trinajstić information content (AvgIpc) is 0.826. The summed E-state index contributed by atoms with van der Waals surface area (Å²) in [4.78, 5) is 186. The van der Waals surface area contributed by atoms with E-state index in [2.05, 4.69) is 52.8 Å². The summed E-state index contributed by atoms with van der Waals surface area (Å²) in [6.07, 6.45) is -9.67. The van der Waals surface area contributed by atoms with Crippen LogP contribution in [0.25, 0.3) is 0 Å². The number of aliphatic imine (C=N–C) groups is 1. The van der Waals surface area contributed by atoms with E-state index in [1.807, 2.05) is 10.6 Å². The van der Waals surface area contributed by atoms with Crippen LogP contribution in [-0.4, -0.2) is 208 Å². The molecule has 34 nitrogen and oxygen atoms in total. The van der Waals surface area contributed by atoms with Gasteiger partial charge in [-0.15, -0.1) is 0 Å². The molecule has 12 amide bonds. The molecule has 1 heterocycles. The third kappa shape index (κ3) is 27.8. The fraction of sp³-hybridized carbons (Fsp3) is 0.667. The fourth-order valence-corrected chi connectivity index (χ4v) is 9.21. The van der Waals surface area contributed by atoms with Crippen LogP contribution in [0.1, 0.15) is 133 Å². The number of ether oxygens (including phenoxy) is 2. The van der Waals surface area contributed by atoms with E-state index in [1.54, 1.807) is 62.3 Å². The van der Waals surface area contributed by atoms with Crippen LogP contribution in [0.2, 0.25) is 0 Å². The molecule has 21 N–H and O–H groups in total. The van der Waals surface area contributed by atoms with Gasteiger partial charge in [0.05, 0.1) is 25.4 Å². The van der Waals surface area contributed by atoms with E-state index in [-0.39, 0.29) is 62.6 Å². The molecule has 34 heteroatoms. The Morgan fingerprint density at radius 2 is 1.27 bits per heavy atom. The molecule has 0 bridgehead atoms. The van der Waals surface area contributed by atoms with Crippen LogP contribution in [0.3, 0.4) is 0 Å². The topological polar surface area (TPSA) is 544 Å². The van der Waals surface area contributed by atoms with Gasteiger partial charge >= 0.3 is 12.1 Å². The Morgan fingerprint density at radius 1 is 0.702 bits per heavy atom. The van der Waals surface area contributed by atoms with Crippen molar-refractivity contribution in [2.24, 2.45) is 45.9 Å². The average molecular weight is 1330 g/mol. The number of esters is 1. The number of amides is 12. The van der Waals surface area contributed by atoms with Crippen LogP contribution in [0.5, 0.6) is 0 Å². The molecule has 1 saturated heterocycles. The van der Waals surface area contributed by atoms with Gasteiger partial charge in [-0.1, -0.05) is 92.1 Å². The van der Waals surface area contributed by atoms with Gasteiger partial charge in [-0.25, -0.2) is 9.59 Å². The van der Waals surface area contributed by atoms with Crippen molar-refractivity contribution >= 4 is 83.0 Å². The number of primary amides is 1. The van der Waals surface area contributed by atoms with Gasteiger partial charge in [-0.3, -0.25) is 57.7 Å². The smallest absolute Gasteiger partial charge is 0.407 e. The molecular weight excluding hydrogens is 1230 g/mol. The normalized spacial score (nSPS) is 23.8. The number of alkyl carbamates (subject to hydrolysis) is 1. The molecule has 2 rings (SSSR count). The molecule has 0 spiro atoms. The second kappa shape index (κ2) is 39.1. The largest absolute Gasteiger partial charge is 0.453 e. The predicted octanol–water partition coefficient (Wildman–Crippen LogP) is -4.89. The predicted molar refractivity (Wildman–Crippen MR) is 338 cm³/mol. The van der Waals surface area contributed by atoms with Gasteiger partial charge in [-0.2, -0.15) is 0 Å². The Labute approximate surface area is 546 Å². The van der Waals surface area contributed by atoms with Crippen molar-refractivity contribution < 1.29 is 92.2 Å². The second-order valence-electron chi connectivity index (χ2n) is 25.1. The number of carbonyl (C=O) groups is 13. The van der Waals surface area contributed by atoms with E-state index in [4.69, 9.17) is 26.7 Å². The van der Waals surface area contributed by atoms with Gasteiger partial charge in [-0.05, 0) is 82.6 Å². The number of nitrogens with one attached hydrogen (secondary N) is 11. The number of hydrogen-bond donors (Lipinski definition) is 18. The van der Waals surface area contributed by atoms with E-state index >= 15 is 4.79 Å². The SMILES string of the molecule is CC[C@H](C)[C@@H]1NC(=O)[C@@H](CCCN=C(N)N)NC(=O)[C@H](CC(C)C)NC(=O)[C@H]([C@H](O)C(C)C)NC(=O)[C@@H](NC(=O)C(CC(C)C)NC(=O)CCNC(=O)OC(C)(C)C)[C@@H](c2ccccc2)OC(=O)[C@H](CO)NC(=O)[C@H]([C@H](O)C(N)=O)NC(=O)CNC(=O)[C@H]([C@H](C)O)NC1=O. The van der Waals surface area contributed by atoms with E-state index < -0.39 is 199 Å². The van der Waals surface area contributed by atoms with Gasteiger partial charge in [0.2, 0.25) is 65.0 Å². The highest BCUT2D eigenvalue weighted by atomic mass is 16.6. The Morgan fingerprint density at radius 3 is 1.81 bits per heavy atom. The van der Waals surface area contributed by atoms with Crippen molar-refractivity contribution in [3.05, 3.63) is 35.9 Å². The lowest BCUT2D eigenvalue weighted by Gasteiger charge is -2.33. The van der Waals surface area contributed by atoms with Gasteiger partial charge in [0.15, 0.2) is 24.2 Å². The van der Waals surface area contributed by atoms with E-state index in [1.165, 1.54) is 44.2 Å². The van der Waals surface area contributed by atoms with E-state index in [0.29, 0.717) is 0 Å². The summed E-state index contributed by atoms with van der Waals surface area (Å²) in [7, 11) is 0. The number of cyclic esters (lactones) is 1. The molecule has 14 atom stereocenters. The Kier molecular flexibility index (Phi) is 33.8. The highest BCUT2D eigenvalue weighted by Gasteiger charge is 2.44. The molecule has 1 unspecified atom stereocenters. The summed E-state index contributed by atoms with van der Waals surface area (Å²) in [5.74, 6) is -17.5. The van der Waals surface area contributed by atoms with E-state index in [9.17, 15) is 78.0 Å². The monoisotopic (exact) mass is 1330 g/mol. The first-order valence-electron chi connectivity index (χ1n) is 31.0. The van der Waals surface area contributed by atoms with E-state index in [0.717, 1.165) is 6.92 Å². The van der Waals surface area contributed by atoms with Crippen LogP contribution >= 0.6 is 0 Å². The van der Waals surface area contributed by atoms with Crippen LogP contribution in [0.4, 0.5) is 4.79 Å². The molecule has 0 radical (unpaired) electrons. The zero-order chi connectivity index (χ0) is 71.5. The van der Waals surface area contributed by atoms with Crippen molar-refractivity contribution in [2.75, 3.05) is 26.2 Å². The number of carbonyl (C=O) groups excluding carboxylic acids is 13. The first-order valence-corrected chi connectivity index (χ1v) is 31.0. The van der Waals surface area contributed by atoms with Gasteiger partial charge in [0.1, 0.15) is 53.9 Å². The molecule has 528 valence electrons. The number of rotatable bonds is 23. The van der Waals surface area contributed by atoms with Gasteiger partial charge in [0, 0.05) is 19.5 Å². The van der Waals surface area contributed by atoms with Gasteiger partial charge in [0.25, 0.3) is 0 Å². The van der Waals surface area contributed by atoms with Crippen molar-refractivity contribution in [1.29, 1.82) is 0 Å². The molecule has 1 fully saturated rings. The standard InChI is InChI=1S/C60H99N15O19/c1-13-31(8)40-53(87)73-41(32(9)77)52(86)66-26-39(79)71-43(46(81)48(61)82)55(89)70-37(27-76)57(91)93-47(33-18-15-14-16-19-33)44(75-51(85)35(24-28(2)3)67-38(78)21-23-65-59(92)94-60(10,11)12)56(90)74-42(45(80)30(6)7)54(88)69-36(25-29(4)5)50(84)68-34(49(83)72-40)20-17-22-64-58(62)63/h14-16,18-19,28-32,34-37,40-47,76-77,80-81H,13,17,20-27H2,1-12H3,(H2,61,82)(H,65,92)(H,66,86)(H,67,78)(H,68,84)(H,69,88)(H,70,89)(H,71,79)(H,72,83)(H,73,87)(H,74,90)(H,75,85)(H4,62,63,64)/t31-,32-,34+,35?,36-,37-,40-,41-,42-,43-,44-,45+,46-,47+/m0/s1. The number of nitrogens with zero attached hydrogens (tertiary/aromatic N) is 1. The molecule has 0 saturated carbocycles. The minimum absolute atomic E-state index is 0.0344. The van der Waals surface area contributed by atoms with Crippen LogP contribution in [0.15, 0.2) is 35.3 Å². The molecule has 94 heavy (non-hydrogen) atoms. The first-order chi connectivity index (χ1) is 43.8. The third-order valence-corrected chi connectivity index (χ3v) is 14.4. The number of guanidine groups is 1. The maximum Gasteiger partial charge on any atom is 0.407 e. The lowest BCUT2D eigenvalue weighted by Crippen LogP contribution is -2.64. The Balaban J connectivity index is 3.10. The highest BCUT2D eigenvalue weighted by Crippen LogP contribution is 2.25. The van der Waals surface area contributed by atoms with Crippen LogP contribution in [0, 0.1) is 23.7 Å². The maximum atomic E-state index is 15.4. The minimum atomic E-state index is -2.59. The number of benzene rings is 1. The summed E-state index contributed by atoms with van der Waals surface area (Å²) in [6, 6.07) is -9.96. The first kappa shape index (κ1) is 81.3. The third-order valence-electron chi connectivity index (χ3n) is 14.4. The molecule has 0 aromatic heterocycles. The summed E-state index contributed by atoms with van der Waals surface area (Å²) in [6.45, 7) is 16.1. The quantitative estimate of drug-likeness (QED) is 0.0211. The Bertz CT molecular complexity index is 2800. The number of aliphatic hydroxyl groups excluding tert-OH is 4. The van der Waals surface area contributed by atoms with Crippen molar-refractivity contribution in [2.45, 2.75) is 206 Å². The summed E-state index contributed by atoms with van der Waals surface area (Å²) in [5.41, 5.74) is 15.5. The minimum Gasteiger partial charge on any atom is -0.453 e. The lowest BCUT2D eigenvalue weighted by atomic mass is 9.95. The van der Waals surface area contributed by atoms with Crippen molar-refractivity contribution in [1.82, 2.24) is 58.5 Å².